The topological polar surface area (TPSA) is 286 Å². The summed E-state index contributed by atoms with van der Waals surface area (Å²) >= 11 is 0. The fraction of sp³-hybridized carbons (Fsp3) is 0.516. The lowest BCUT2D eigenvalue weighted by molar-refractivity contribution is -0.424. The van der Waals surface area contributed by atoms with Gasteiger partial charge in [0.25, 0.3) is 11.8 Å². The molecule has 9 amide bonds. The van der Waals surface area contributed by atoms with Crippen molar-refractivity contribution in [2.75, 3.05) is 64.3 Å². The third-order valence-electron chi connectivity index (χ3n) is 16.4. The van der Waals surface area contributed by atoms with Crippen molar-refractivity contribution in [1.29, 1.82) is 0 Å². The normalized spacial score (nSPS) is 21.4. The van der Waals surface area contributed by atoms with E-state index in [0.717, 1.165) is 28.7 Å². The first-order chi connectivity index (χ1) is 41.7. The number of nitrogens with one attached hydrogen (secondary N) is 3. The number of halogens is 3. The number of aliphatic hydroxyl groups excluding tert-OH is 2. The van der Waals surface area contributed by atoms with E-state index in [-0.39, 0.29) is 119 Å². The minimum Gasteiger partial charge on any atom is -0.445 e. The van der Waals surface area contributed by atoms with Gasteiger partial charge in [0, 0.05) is 87.5 Å². The van der Waals surface area contributed by atoms with Crippen molar-refractivity contribution < 1.29 is 75.8 Å². The monoisotopic (exact) mass is 1210 g/mol. The summed E-state index contributed by atoms with van der Waals surface area (Å²) in [6, 6.07) is 14.7. The van der Waals surface area contributed by atoms with Gasteiger partial charge in [-0.25, -0.2) is 32.1 Å². The Morgan fingerprint density at radius 1 is 0.862 bits per heavy atom. The van der Waals surface area contributed by atoms with Crippen LogP contribution in [0.25, 0.3) is 0 Å². The van der Waals surface area contributed by atoms with Gasteiger partial charge < -0.3 is 56.1 Å². The first-order valence-electron chi connectivity index (χ1n) is 29.7. The van der Waals surface area contributed by atoms with Crippen LogP contribution in [-0.4, -0.2) is 183 Å². The van der Waals surface area contributed by atoms with Crippen molar-refractivity contribution in [1.82, 2.24) is 30.2 Å². The predicted octanol–water partition coefficient (Wildman–Crippen LogP) is 5.15. The van der Waals surface area contributed by atoms with E-state index in [1.807, 2.05) is 34.9 Å². The minimum absolute atomic E-state index is 0.0249. The number of likely N-dealkylation sites (tertiary alicyclic amines) is 2. The Labute approximate surface area is 503 Å². The highest BCUT2D eigenvalue weighted by molar-refractivity contribution is 6.12. The molecule has 468 valence electrons. The zero-order valence-electron chi connectivity index (χ0n) is 48.9. The van der Waals surface area contributed by atoms with Gasteiger partial charge in [-0.1, -0.05) is 67.7 Å². The smallest absolute Gasteiger partial charge is 0.410 e. The molecule has 22 nitrogen and oxygen atoms in total. The zero-order chi connectivity index (χ0) is 62.3. The molecule has 0 aliphatic carbocycles. The number of aliphatic hydroxyl groups is 2. The van der Waals surface area contributed by atoms with Crippen LogP contribution >= 0.6 is 0 Å². The number of Topliss-reactive ketones (excluding diaryl/α,β-unsaturated/α-hetero) is 1. The van der Waals surface area contributed by atoms with Crippen molar-refractivity contribution >= 4 is 65.3 Å². The Hall–Kier alpha value is -8.03. The number of amidine groups is 1. The van der Waals surface area contributed by atoms with Crippen molar-refractivity contribution in [3.8, 4) is 0 Å². The molecule has 0 saturated carbocycles. The number of nitrogens with zero attached hydrogens (tertiary/aromatic N) is 6. The molecule has 0 spiro atoms. The van der Waals surface area contributed by atoms with Crippen LogP contribution in [0.15, 0.2) is 89.9 Å². The molecule has 25 heteroatoms. The number of rotatable bonds is 27. The molecule has 3 aromatic carbocycles. The summed E-state index contributed by atoms with van der Waals surface area (Å²) in [5.74, 6) is -5.48. The van der Waals surface area contributed by atoms with Crippen LogP contribution in [0.4, 0.5) is 33.2 Å². The number of urea groups is 2. The van der Waals surface area contributed by atoms with Crippen LogP contribution < -0.4 is 21.7 Å². The number of anilines is 1. The number of alkyl halides is 1. The summed E-state index contributed by atoms with van der Waals surface area (Å²) in [6.45, 7) is 3.38. The number of amides is 9. The number of benzene rings is 3. The molecule has 0 bridgehead atoms. The number of β-amino-alcohol motifs (C(OH)–C–C–N with tert-alkyl or cyclic N) is 2. The van der Waals surface area contributed by atoms with Crippen LogP contribution in [0.1, 0.15) is 94.4 Å². The minimum atomic E-state index is -1.64. The number of ether oxygens (including phenoxy) is 2. The van der Waals surface area contributed by atoms with Gasteiger partial charge in [0.05, 0.1) is 37.9 Å². The summed E-state index contributed by atoms with van der Waals surface area (Å²) in [5.41, 5.74) is 6.94. The second-order valence-electron chi connectivity index (χ2n) is 23.2. The van der Waals surface area contributed by atoms with E-state index in [2.05, 4.69) is 16.0 Å². The molecule has 0 radical (unpaired) electrons. The number of nitrogens with two attached hydrogens (primary N) is 1. The molecule has 5 heterocycles. The Bertz CT molecular complexity index is 3030. The number of imide groups is 1. The molecule has 87 heavy (non-hydrogen) atoms. The van der Waals surface area contributed by atoms with E-state index in [4.69, 9.17) is 20.2 Å². The molecule has 7 N–H and O–H groups in total. The van der Waals surface area contributed by atoms with Crippen LogP contribution in [0, 0.1) is 35.3 Å². The number of carbonyl (C=O) groups is 8. The lowest BCUT2D eigenvalue weighted by Gasteiger charge is -2.39. The number of unbranched alkanes of at least 4 members (excludes halogenated alkanes) is 2. The summed E-state index contributed by atoms with van der Waals surface area (Å²) in [7, 11) is 0. The molecule has 8 rings (SSSR count). The largest absolute Gasteiger partial charge is 0.445 e. The van der Waals surface area contributed by atoms with Crippen LogP contribution in [0.5, 0.6) is 0 Å². The quantitative estimate of drug-likeness (QED) is 0.0328. The molecule has 0 aromatic heterocycles. The van der Waals surface area contributed by atoms with Gasteiger partial charge in [-0.3, -0.25) is 28.9 Å². The second kappa shape index (κ2) is 30.5. The lowest BCUT2D eigenvalue weighted by atomic mass is 9.88. The van der Waals surface area contributed by atoms with E-state index in [0.29, 0.717) is 68.8 Å². The number of hydrogen-bond acceptors (Lipinski definition) is 13. The van der Waals surface area contributed by atoms with Gasteiger partial charge in [0.2, 0.25) is 17.9 Å². The number of carbonyl (C=O) groups excluding carboxylic acids is 8. The Kier molecular flexibility index (Phi) is 22.8. The first-order valence-corrected chi connectivity index (χ1v) is 29.7. The third kappa shape index (κ3) is 17.6. The summed E-state index contributed by atoms with van der Waals surface area (Å²) in [6.07, 6.45) is 1.92. The van der Waals surface area contributed by atoms with Gasteiger partial charge in [-0.05, 0) is 91.8 Å². The van der Waals surface area contributed by atoms with E-state index < -0.39 is 84.0 Å². The predicted molar refractivity (Wildman–Crippen MR) is 312 cm³/mol. The van der Waals surface area contributed by atoms with Crippen LogP contribution in [0.2, 0.25) is 0 Å². The van der Waals surface area contributed by atoms with Crippen LogP contribution in [0.3, 0.4) is 0 Å². The standard InChI is InChI=1S/C62H77F3N10O12/c1-38(2)56(70-53(79)13-7-4-8-25-74-54(80)20-21-55(74)81)50(76)28-42(12-9-24-67-60(66)83)59(82)68-45-17-14-40(15-18-45)37-87-62(85)73-31-43(48(65)33-73)32-75(61(84)72-35-51(77)52(78)36-72)57(41-22-26-86-27-23-41)58-69-49(46-29-44(63)16-19-47(46)64)34-71(58)30-39-10-5-3-6-11-39/h3,5-6,10-11,14-21,29,34,38,41-43,48-49,51-52,56-57,77-78H,4,7-9,12-13,22-28,30-33,35-37H2,1-2H3,(H4-,66,67,68,70,79,82,83)/p+1/t42-,43+,48+,49?,51-,52+,56+,57-/m1/s1. The fourth-order valence-electron chi connectivity index (χ4n) is 11.7. The molecular formula is C62H78F3N10O12+. The second-order valence-corrected chi connectivity index (χ2v) is 23.2. The highest BCUT2D eigenvalue weighted by Gasteiger charge is 2.50. The van der Waals surface area contributed by atoms with Gasteiger partial charge in [-0.15, -0.1) is 0 Å². The summed E-state index contributed by atoms with van der Waals surface area (Å²) < 4.78 is 60.2. The lowest BCUT2D eigenvalue weighted by Crippen LogP contribution is -2.58. The Balaban J connectivity index is 0.912. The molecule has 8 atom stereocenters. The highest BCUT2D eigenvalue weighted by Crippen LogP contribution is 2.34. The summed E-state index contributed by atoms with van der Waals surface area (Å²) in [4.78, 5) is 115. The van der Waals surface area contributed by atoms with Gasteiger partial charge in [0.15, 0.2) is 5.78 Å². The van der Waals surface area contributed by atoms with E-state index >= 15 is 13.6 Å². The average Bonchev–Trinajstić information content (AvgIpc) is 2.36. The van der Waals surface area contributed by atoms with E-state index in [9.17, 15) is 48.2 Å². The maximum atomic E-state index is 16.6. The maximum Gasteiger partial charge on any atom is 0.410 e. The molecule has 1 unspecified atom stereocenters. The molecule has 3 fully saturated rings. The average molecular weight is 1210 g/mol. The number of aliphatic imine (C=N–C) groups is 1. The van der Waals surface area contributed by atoms with E-state index in [1.165, 1.54) is 26.9 Å². The highest BCUT2D eigenvalue weighted by atomic mass is 19.1. The Morgan fingerprint density at radius 3 is 2.24 bits per heavy atom. The molecule has 5 aliphatic rings. The zero-order valence-corrected chi connectivity index (χ0v) is 48.9. The molecule has 3 aromatic rings. The van der Waals surface area contributed by atoms with Gasteiger partial charge in [-0.2, -0.15) is 0 Å². The van der Waals surface area contributed by atoms with Crippen LogP contribution in [-0.2, 0) is 46.6 Å². The van der Waals surface area contributed by atoms with Crippen molar-refractivity contribution in [3.63, 3.8) is 0 Å². The number of ketones is 1. The molecule has 5 aliphatic heterocycles. The number of hydrogen-bond donors (Lipinski definition) is 6. The van der Waals surface area contributed by atoms with E-state index in [1.54, 1.807) is 44.3 Å². The molecule has 3 saturated heterocycles. The first kappa shape index (κ1) is 65.0. The number of primary amides is 1. The fourth-order valence-corrected chi connectivity index (χ4v) is 11.7. The van der Waals surface area contributed by atoms with Gasteiger partial charge >= 0.3 is 24.0 Å². The van der Waals surface area contributed by atoms with Crippen molar-refractivity contribution in [2.24, 2.45) is 34.4 Å². The van der Waals surface area contributed by atoms with Gasteiger partial charge in [0.1, 0.15) is 43.2 Å². The third-order valence-corrected chi connectivity index (χ3v) is 16.4. The summed E-state index contributed by atoms with van der Waals surface area (Å²) in [5, 5.41) is 29.4. The maximum absolute atomic E-state index is 16.6. The Morgan fingerprint density at radius 2 is 1.56 bits per heavy atom. The molecular weight excluding hydrogens is 1130 g/mol. The SMILES string of the molecule is CC(C)[C@H](NC(=O)CCCCCN1C(=O)C=CC1=O)C(=O)C[C@@H](CCCNC(N)=O)C(=O)Nc1ccc(COC(=O)N2C[C@@H](CN(C(=O)N3C[C@@H](O)[C@@H](O)C3)[C@@H](C3=NC(c4cc(F)ccc4F)C=[N+]3Cc3ccccc3)C3CCOCC3)[C@@H](F)C2)cc1. The van der Waals surface area contributed by atoms with Crippen molar-refractivity contribution in [3.05, 3.63) is 113 Å². The van der Waals surface area contributed by atoms with Crippen molar-refractivity contribution in [2.45, 2.75) is 121 Å².